The number of pyridine rings is 1. The Morgan fingerprint density at radius 3 is 3.00 bits per heavy atom. The first-order valence-corrected chi connectivity index (χ1v) is 6.67. The molecule has 3 rings (SSSR count). The molecule has 0 amide bonds. The predicted molar refractivity (Wildman–Crippen MR) is 76.8 cm³/mol. The van der Waals surface area contributed by atoms with Gasteiger partial charge in [-0.05, 0) is 50.5 Å². The van der Waals surface area contributed by atoms with Gasteiger partial charge in [0.25, 0.3) is 0 Å². The van der Waals surface area contributed by atoms with Crippen molar-refractivity contribution in [2.45, 2.75) is 32.2 Å². The molecule has 94 valence electrons. The first-order chi connectivity index (χ1) is 8.77. The topological polar surface area (TPSA) is 42.1 Å². The maximum atomic E-state index is 6.03. The van der Waals surface area contributed by atoms with Gasteiger partial charge in [0.15, 0.2) is 0 Å². The van der Waals surface area contributed by atoms with Crippen molar-refractivity contribution in [2.24, 2.45) is 0 Å². The normalized spacial score (nSPS) is 20.3. The standard InChI is InChI=1S/C15H19N3/c1-11-5-2-3-10-18(11)14-8-7-13(16)12-6-4-9-17-15(12)14/h4,6-9,11H,2-3,5,10,16H2,1H3. The summed E-state index contributed by atoms with van der Waals surface area (Å²) in [5, 5.41) is 1.06. The minimum absolute atomic E-state index is 0.590. The Morgan fingerprint density at radius 1 is 1.28 bits per heavy atom. The molecule has 3 heteroatoms. The number of nitrogen functional groups attached to an aromatic ring is 1. The second kappa shape index (κ2) is 4.48. The SMILES string of the molecule is CC1CCCCN1c1ccc(N)c2cccnc12. The van der Waals surface area contributed by atoms with Crippen LogP contribution in [0, 0.1) is 0 Å². The lowest BCUT2D eigenvalue weighted by molar-refractivity contribution is 0.485. The van der Waals surface area contributed by atoms with Gasteiger partial charge in [-0.15, -0.1) is 0 Å². The van der Waals surface area contributed by atoms with E-state index >= 15 is 0 Å². The number of nitrogens with two attached hydrogens (primary N) is 1. The number of rotatable bonds is 1. The highest BCUT2D eigenvalue weighted by molar-refractivity contribution is 5.98. The molecule has 2 heterocycles. The maximum absolute atomic E-state index is 6.03. The number of benzene rings is 1. The number of fused-ring (bicyclic) bond motifs is 1. The van der Waals surface area contributed by atoms with Crippen LogP contribution < -0.4 is 10.6 Å². The van der Waals surface area contributed by atoms with Gasteiger partial charge < -0.3 is 10.6 Å². The van der Waals surface area contributed by atoms with E-state index in [2.05, 4.69) is 28.9 Å². The number of hydrogen-bond donors (Lipinski definition) is 1. The Hall–Kier alpha value is -1.77. The Bertz CT molecular complexity index is 565. The lowest BCUT2D eigenvalue weighted by Gasteiger charge is -2.35. The fourth-order valence-electron chi connectivity index (χ4n) is 2.87. The number of piperidine rings is 1. The number of hydrogen-bond acceptors (Lipinski definition) is 3. The van der Waals surface area contributed by atoms with Crippen molar-refractivity contribution >= 4 is 22.3 Å². The van der Waals surface area contributed by atoms with Gasteiger partial charge in [-0.25, -0.2) is 0 Å². The van der Waals surface area contributed by atoms with E-state index in [1.54, 1.807) is 0 Å². The summed E-state index contributed by atoms with van der Waals surface area (Å²) in [6, 6.07) is 8.71. The average Bonchev–Trinajstić information content (AvgIpc) is 2.41. The van der Waals surface area contributed by atoms with E-state index in [0.29, 0.717) is 6.04 Å². The van der Waals surface area contributed by atoms with Crippen LogP contribution in [0.1, 0.15) is 26.2 Å². The molecule has 0 bridgehead atoms. The molecule has 0 saturated carbocycles. The van der Waals surface area contributed by atoms with Gasteiger partial charge in [-0.1, -0.05) is 0 Å². The van der Waals surface area contributed by atoms with Gasteiger partial charge in [0, 0.05) is 29.9 Å². The highest BCUT2D eigenvalue weighted by atomic mass is 15.2. The lowest BCUT2D eigenvalue weighted by atomic mass is 10.0. The van der Waals surface area contributed by atoms with Gasteiger partial charge in [0.05, 0.1) is 11.2 Å². The third-order valence-electron chi connectivity index (χ3n) is 3.89. The number of aromatic nitrogens is 1. The molecule has 1 aromatic carbocycles. The van der Waals surface area contributed by atoms with Crippen LogP contribution in [0.25, 0.3) is 10.9 Å². The number of nitrogens with zero attached hydrogens (tertiary/aromatic N) is 2. The minimum atomic E-state index is 0.590. The molecule has 1 unspecified atom stereocenters. The molecule has 3 nitrogen and oxygen atoms in total. The molecule has 0 aliphatic carbocycles. The van der Waals surface area contributed by atoms with Crippen LogP contribution in [0.15, 0.2) is 30.5 Å². The molecule has 1 fully saturated rings. The van der Waals surface area contributed by atoms with Crippen molar-refractivity contribution in [3.63, 3.8) is 0 Å². The summed E-state index contributed by atoms with van der Waals surface area (Å²) in [6.07, 6.45) is 5.71. The summed E-state index contributed by atoms with van der Waals surface area (Å²) in [5.74, 6) is 0. The molecule has 1 aromatic heterocycles. The Morgan fingerprint density at radius 2 is 2.17 bits per heavy atom. The van der Waals surface area contributed by atoms with Gasteiger partial charge >= 0.3 is 0 Å². The molecular weight excluding hydrogens is 222 g/mol. The van der Waals surface area contributed by atoms with Crippen molar-refractivity contribution in [3.05, 3.63) is 30.5 Å². The molecular formula is C15H19N3. The third kappa shape index (κ3) is 1.80. The molecule has 2 N–H and O–H groups in total. The van der Waals surface area contributed by atoms with Crippen molar-refractivity contribution in [3.8, 4) is 0 Å². The van der Waals surface area contributed by atoms with Gasteiger partial charge in [0.2, 0.25) is 0 Å². The van der Waals surface area contributed by atoms with E-state index in [1.807, 2.05) is 18.3 Å². The summed E-state index contributed by atoms with van der Waals surface area (Å²) in [4.78, 5) is 7.00. The fraction of sp³-hybridized carbons (Fsp3) is 0.400. The summed E-state index contributed by atoms with van der Waals surface area (Å²) in [6.45, 7) is 3.42. The fourth-order valence-corrected chi connectivity index (χ4v) is 2.87. The Balaban J connectivity index is 2.14. The summed E-state index contributed by atoms with van der Waals surface area (Å²) in [7, 11) is 0. The average molecular weight is 241 g/mol. The third-order valence-corrected chi connectivity index (χ3v) is 3.89. The zero-order valence-electron chi connectivity index (χ0n) is 10.8. The second-order valence-corrected chi connectivity index (χ2v) is 5.11. The Labute approximate surface area is 108 Å². The van der Waals surface area contributed by atoms with Crippen molar-refractivity contribution < 1.29 is 0 Å². The van der Waals surface area contributed by atoms with E-state index in [1.165, 1.54) is 24.9 Å². The van der Waals surface area contributed by atoms with E-state index in [-0.39, 0.29) is 0 Å². The molecule has 2 aromatic rings. The molecule has 1 aliphatic rings. The smallest absolute Gasteiger partial charge is 0.0956 e. The van der Waals surface area contributed by atoms with Crippen LogP contribution in [-0.4, -0.2) is 17.6 Å². The van der Waals surface area contributed by atoms with Crippen LogP contribution in [0.3, 0.4) is 0 Å². The molecule has 1 saturated heterocycles. The maximum Gasteiger partial charge on any atom is 0.0956 e. The minimum Gasteiger partial charge on any atom is -0.398 e. The van der Waals surface area contributed by atoms with Crippen LogP contribution in [0.5, 0.6) is 0 Å². The number of anilines is 2. The first kappa shape index (κ1) is 11.3. The molecule has 0 radical (unpaired) electrons. The molecule has 1 aliphatic heterocycles. The highest BCUT2D eigenvalue weighted by Crippen LogP contribution is 2.32. The van der Waals surface area contributed by atoms with Gasteiger partial charge in [0.1, 0.15) is 0 Å². The van der Waals surface area contributed by atoms with E-state index in [9.17, 15) is 0 Å². The van der Waals surface area contributed by atoms with Gasteiger partial charge in [-0.2, -0.15) is 0 Å². The predicted octanol–water partition coefficient (Wildman–Crippen LogP) is 3.20. The summed E-state index contributed by atoms with van der Waals surface area (Å²) in [5.41, 5.74) is 9.10. The monoisotopic (exact) mass is 241 g/mol. The molecule has 18 heavy (non-hydrogen) atoms. The molecule has 0 spiro atoms. The van der Waals surface area contributed by atoms with Crippen LogP contribution in [0.2, 0.25) is 0 Å². The van der Waals surface area contributed by atoms with E-state index < -0.39 is 0 Å². The van der Waals surface area contributed by atoms with Crippen molar-refractivity contribution in [1.82, 2.24) is 4.98 Å². The van der Waals surface area contributed by atoms with Crippen molar-refractivity contribution in [2.75, 3.05) is 17.2 Å². The highest BCUT2D eigenvalue weighted by Gasteiger charge is 2.20. The quantitative estimate of drug-likeness (QED) is 0.780. The van der Waals surface area contributed by atoms with Crippen LogP contribution >= 0.6 is 0 Å². The lowest BCUT2D eigenvalue weighted by Crippen LogP contribution is -2.37. The zero-order valence-corrected chi connectivity index (χ0v) is 10.8. The summed E-state index contributed by atoms with van der Waals surface area (Å²) < 4.78 is 0. The second-order valence-electron chi connectivity index (χ2n) is 5.11. The Kier molecular flexibility index (Phi) is 2.82. The van der Waals surface area contributed by atoms with Crippen molar-refractivity contribution in [1.29, 1.82) is 0 Å². The van der Waals surface area contributed by atoms with Crippen LogP contribution in [-0.2, 0) is 0 Å². The van der Waals surface area contributed by atoms with Gasteiger partial charge in [-0.3, -0.25) is 4.98 Å². The van der Waals surface area contributed by atoms with E-state index in [0.717, 1.165) is 23.1 Å². The van der Waals surface area contributed by atoms with E-state index in [4.69, 9.17) is 5.73 Å². The zero-order chi connectivity index (χ0) is 12.5. The molecule has 1 atom stereocenters. The largest absolute Gasteiger partial charge is 0.398 e. The summed E-state index contributed by atoms with van der Waals surface area (Å²) >= 11 is 0. The first-order valence-electron chi connectivity index (χ1n) is 6.67. The van der Waals surface area contributed by atoms with Crippen LogP contribution in [0.4, 0.5) is 11.4 Å².